The fourth-order valence-electron chi connectivity index (χ4n) is 4.35. The average molecular weight is 491 g/mol. The van der Waals surface area contributed by atoms with Gasteiger partial charge in [0.05, 0.1) is 31.8 Å². The molecule has 0 bridgehead atoms. The molecule has 0 spiro atoms. The van der Waals surface area contributed by atoms with Crippen molar-refractivity contribution in [3.05, 3.63) is 64.7 Å². The number of fused-ring (bicyclic) bond motifs is 1. The summed E-state index contributed by atoms with van der Waals surface area (Å²) in [5, 5.41) is 16.9. The molecule has 2 aromatic rings. The lowest BCUT2D eigenvalue weighted by molar-refractivity contribution is -0.144. The Morgan fingerprint density at radius 2 is 1.86 bits per heavy atom. The Balaban J connectivity index is 1.69. The Morgan fingerprint density at radius 3 is 2.51 bits per heavy atom. The molecular formula is C26H32F2N2O5. The topological polar surface area (TPSA) is 96.9 Å². The largest absolute Gasteiger partial charge is 0.493 e. The van der Waals surface area contributed by atoms with E-state index in [0.717, 1.165) is 22.9 Å². The molecule has 4 atom stereocenters. The van der Waals surface area contributed by atoms with Crippen LogP contribution < -0.4 is 15.4 Å². The molecule has 0 radical (unpaired) electrons. The van der Waals surface area contributed by atoms with Gasteiger partial charge < -0.3 is 25.2 Å². The van der Waals surface area contributed by atoms with Crippen LogP contribution in [0.1, 0.15) is 43.0 Å². The van der Waals surface area contributed by atoms with E-state index < -0.39 is 23.8 Å². The zero-order chi connectivity index (χ0) is 25.5. The molecule has 1 amide bonds. The fraction of sp³-hybridized carbons (Fsp3) is 0.462. The molecule has 0 saturated heterocycles. The highest BCUT2D eigenvalue weighted by atomic mass is 19.1. The van der Waals surface area contributed by atoms with E-state index >= 15 is 0 Å². The van der Waals surface area contributed by atoms with E-state index in [0.29, 0.717) is 25.0 Å². The molecule has 1 aliphatic heterocycles. The summed E-state index contributed by atoms with van der Waals surface area (Å²) in [6.45, 7) is 3.76. The summed E-state index contributed by atoms with van der Waals surface area (Å²) in [4.78, 5) is 23.5. The number of benzene rings is 2. The van der Waals surface area contributed by atoms with Crippen molar-refractivity contribution >= 4 is 11.9 Å². The minimum atomic E-state index is -1.01. The number of carbonyl (C=O) groups is 2. The molecular weight excluding hydrogens is 458 g/mol. The van der Waals surface area contributed by atoms with Crippen molar-refractivity contribution in [3.8, 4) is 5.75 Å². The number of hydrogen-bond donors (Lipinski definition) is 3. The van der Waals surface area contributed by atoms with Gasteiger partial charge in [-0.3, -0.25) is 9.59 Å². The van der Waals surface area contributed by atoms with Crippen LogP contribution in [0.25, 0.3) is 0 Å². The second-order valence-electron chi connectivity index (χ2n) is 8.95. The van der Waals surface area contributed by atoms with Crippen molar-refractivity contribution in [3.63, 3.8) is 0 Å². The second kappa shape index (κ2) is 12.1. The molecule has 0 aromatic heterocycles. The molecule has 1 heterocycles. The number of methoxy groups -OCH3 is 1. The zero-order valence-electron chi connectivity index (χ0n) is 20.1. The van der Waals surface area contributed by atoms with Crippen LogP contribution in [0.5, 0.6) is 5.75 Å². The van der Waals surface area contributed by atoms with Crippen molar-refractivity contribution in [2.24, 2.45) is 5.92 Å². The monoisotopic (exact) mass is 490 g/mol. The van der Waals surface area contributed by atoms with E-state index in [-0.39, 0.29) is 36.8 Å². The van der Waals surface area contributed by atoms with Crippen molar-refractivity contribution < 1.29 is 33.0 Å². The number of rotatable bonds is 10. The maximum atomic E-state index is 13.6. The van der Waals surface area contributed by atoms with Crippen molar-refractivity contribution in [1.82, 2.24) is 10.6 Å². The SMILES string of the molecule is COC(=O)C(C)Cc1ccc2c(c1)C(NCC(O)C(Cc1cc(F)cc(F)c1)NC(C)=O)CCO2. The van der Waals surface area contributed by atoms with Gasteiger partial charge in [0.25, 0.3) is 0 Å². The normalized spacial score (nSPS) is 17.5. The van der Waals surface area contributed by atoms with E-state index in [1.54, 1.807) is 6.92 Å². The second-order valence-corrected chi connectivity index (χ2v) is 8.95. The molecule has 9 heteroatoms. The Morgan fingerprint density at radius 1 is 1.14 bits per heavy atom. The highest BCUT2D eigenvalue weighted by molar-refractivity contribution is 5.73. The van der Waals surface area contributed by atoms with Gasteiger partial charge in [0.15, 0.2) is 0 Å². The van der Waals surface area contributed by atoms with Crippen molar-refractivity contribution in [1.29, 1.82) is 0 Å². The van der Waals surface area contributed by atoms with Crippen LogP contribution in [0.4, 0.5) is 8.78 Å². The molecule has 35 heavy (non-hydrogen) atoms. The highest BCUT2D eigenvalue weighted by Gasteiger charge is 2.26. The molecule has 4 unspecified atom stereocenters. The molecule has 3 rings (SSSR count). The molecule has 190 valence electrons. The summed E-state index contributed by atoms with van der Waals surface area (Å²) in [6, 6.07) is 8.06. The number of halogens is 2. The fourth-order valence-corrected chi connectivity index (χ4v) is 4.35. The number of hydrogen-bond acceptors (Lipinski definition) is 6. The first-order valence-corrected chi connectivity index (χ1v) is 11.6. The van der Waals surface area contributed by atoms with Crippen LogP contribution >= 0.6 is 0 Å². The first-order valence-electron chi connectivity index (χ1n) is 11.6. The van der Waals surface area contributed by atoms with E-state index in [1.807, 2.05) is 18.2 Å². The van der Waals surface area contributed by atoms with Crippen molar-refractivity contribution in [2.75, 3.05) is 20.3 Å². The van der Waals surface area contributed by atoms with Gasteiger partial charge in [-0.2, -0.15) is 0 Å². The number of aliphatic hydroxyl groups is 1. The van der Waals surface area contributed by atoms with E-state index in [9.17, 15) is 23.5 Å². The summed E-state index contributed by atoms with van der Waals surface area (Å²) in [7, 11) is 1.36. The van der Waals surface area contributed by atoms with Gasteiger partial charge in [-0.25, -0.2) is 8.78 Å². The lowest BCUT2D eigenvalue weighted by Gasteiger charge is -2.30. The van der Waals surface area contributed by atoms with Gasteiger partial charge in [0.1, 0.15) is 17.4 Å². The first-order chi connectivity index (χ1) is 16.7. The Labute approximate surface area is 203 Å². The Hall–Kier alpha value is -3.04. The van der Waals surface area contributed by atoms with E-state index in [2.05, 4.69) is 10.6 Å². The third-order valence-electron chi connectivity index (χ3n) is 6.06. The number of amides is 1. The van der Waals surface area contributed by atoms with E-state index in [4.69, 9.17) is 9.47 Å². The summed E-state index contributed by atoms with van der Waals surface area (Å²) >= 11 is 0. The van der Waals surface area contributed by atoms with Crippen LogP contribution in [-0.2, 0) is 27.2 Å². The number of nitrogens with one attached hydrogen (secondary N) is 2. The standard InChI is InChI=1S/C26H32F2N2O5/c1-15(26(33)34-3)8-17-4-5-25-21(11-17)22(6-7-35-25)29-14-24(32)23(30-16(2)31)12-18-9-19(27)13-20(28)10-18/h4-5,9-11,13,15,22-24,29,32H,6-8,12,14H2,1-3H3,(H,30,31). The maximum Gasteiger partial charge on any atom is 0.308 e. The third kappa shape index (κ3) is 7.47. The molecule has 2 aromatic carbocycles. The summed E-state index contributed by atoms with van der Waals surface area (Å²) < 4.78 is 37.8. The van der Waals surface area contributed by atoms with Crippen LogP contribution in [0.3, 0.4) is 0 Å². The first kappa shape index (κ1) is 26.6. The Bertz CT molecular complexity index is 1030. The molecule has 0 saturated carbocycles. The summed E-state index contributed by atoms with van der Waals surface area (Å²) in [5.74, 6) is -1.63. The maximum absolute atomic E-state index is 13.6. The average Bonchev–Trinajstić information content (AvgIpc) is 2.80. The highest BCUT2D eigenvalue weighted by Crippen LogP contribution is 2.33. The molecule has 0 fully saturated rings. The molecule has 7 nitrogen and oxygen atoms in total. The van der Waals surface area contributed by atoms with Gasteiger partial charge >= 0.3 is 5.97 Å². The van der Waals surface area contributed by atoms with Crippen LogP contribution in [0, 0.1) is 17.6 Å². The number of ether oxygens (including phenoxy) is 2. The number of esters is 1. The van der Waals surface area contributed by atoms with Gasteiger partial charge in [-0.05, 0) is 42.2 Å². The van der Waals surface area contributed by atoms with Gasteiger partial charge in [-0.1, -0.05) is 19.1 Å². The lowest BCUT2D eigenvalue weighted by Crippen LogP contribution is -2.48. The Kier molecular flexibility index (Phi) is 9.17. The van der Waals surface area contributed by atoms with Crippen LogP contribution in [0.15, 0.2) is 36.4 Å². The van der Waals surface area contributed by atoms with Gasteiger partial charge in [-0.15, -0.1) is 0 Å². The molecule has 1 aliphatic rings. The molecule has 3 N–H and O–H groups in total. The predicted molar refractivity (Wildman–Crippen MR) is 126 cm³/mol. The van der Waals surface area contributed by atoms with Gasteiger partial charge in [0.2, 0.25) is 5.91 Å². The van der Waals surface area contributed by atoms with Crippen LogP contribution in [-0.4, -0.2) is 49.4 Å². The number of carbonyl (C=O) groups excluding carboxylic acids is 2. The quantitative estimate of drug-likeness (QED) is 0.444. The molecule has 0 aliphatic carbocycles. The summed E-state index contributed by atoms with van der Waals surface area (Å²) in [6.07, 6.45) is 0.232. The summed E-state index contributed by atoms with van der Waals surface area (Å²) in [5.41, 5.74) is 2.21. The van der Waals surface area contributed by atoms with E-state index in [1.165, 1.54) is 26.2 Å². The van der Waals surface area contributed by atoms with Crippen molar-refractivity contribution in [2.45, 2.75) is 51.3 Å². The van der Waals surface area contributed by atoms with Gasteiger partial charge in [0, 0.05) is 37.6 Å². The lowest BCUT2D eigenvalue weighted by atomic mass is 9.94. The zero-order valence-corrected chi connectivity index (χ0v) is 20.1. The van der Waals surface area contributed by atoms with Crippen LogP contribution in [0.2, 0.25) is 0 Å². The minimum Gasteiger partial charge on any atom is -0.493 e. The third-order valence-corrected chi connectivity index (χ3v) is 6.06. The minimum absolute atomic E-state index is 0.0665. The number of aliphatic hydroxyl groups excluding tert-OH is 1. The smallest absolute Gasteiger partial charge is 0.308 e. The predicted octanol–water partition coefficient (Wildman–Crippen LogP) is 2.84.